The third-order valence-corrected chi connectivity index (χ3v) is 4.60. The second kappa shape index (κ2) is 5.45. The molecule has 0 bridgehead atoms. The number of thiazole rings is 1. The maximum absolute atomic E-state index is 12.4. The Morgan fingerprint density at radius 1 is 1.36 bits per heavy atom. The van der Waals surface area contributed by atoms with Gasteiger partial charge in [-0.25, -0.2) is 15.0 Å². The number of aromatic nitrogens is 3. The number of carbonyl (C=O) groups excluding carboxylic acids is 1. The van der Waals surface area contributed by atoms with Crippen LogP contribution in [0.15, 0.2) is 23.8 Å². The molecule has 1 amide bonds. The van der Waals surface area contributed by atoms with Gasteiger partial charge in [0.15, 0.2) is 10.8 Å². The molecule has 0 aliphatic carbocycles. The van der Waals surface area contributed by atoms with Gasteiger partial charge < -0.3 is 10.0 Å². The lowest BCUT2D eigenvalue weighted by atomic mass is 9.90. The van der Waals surface area contributed by atoms with E-state index >= 15 is 0 Å². The molecule has 0 unspecified atom stereocenters. The highest BCUT2D eigenvalue weighted by Gasteiger charge is 2.42. The number of likely N-dealkylation sites (tertiary alicyclic amines) is 1. The quantitative estimate of drug-likeness (QED) is 0.922. The molecule has 8 heteroatoms. The van der Waals surface area contributed by atoms with Crippen LogP contribution in [0.5, 0.6) is 0 Å². The molecule has 1 fully saturated rings. The van der Waals surface area contributed by atoms with Crippen molar-refractivity contribution in [1.29, 1.82) is 0 Å². The summed E-state index contributed by atoms with van der Waals surface area (Å²) in [6.07, 6.45) is 3.68. The molecular weight excluding hydrogens is 304 g/mol. The predicted octanol–water partition coefficient (Wildman–Crippen LogP) is 1.54. The second-order valence-corrected chi connectivity index (χ2v) is 6.31. The minimum atomic E-state index is -0.878. The third-order valence-electron chi connectivity index (χ3n) is 3.76. The monoisotopic (exact) mass is 318 g/mol. The van der Waals surface area contributed by atoms with Gasteiger partial charge in [-0.2, -0.15) is 0 Å². The minimum Gasteiger partial charge on any atom is -0.481 e. The fourth-order valence-electron chi connectivity index (χ4n) is 2.36. The number of carboxylic acids is 1. The van der Waals surface area contributed by atoms with E-state index in [9.17, 15) is 14.7 Å². The van der Waals surface area contributed by atoms with Crippen LogP contribution in [0.2, 0.25) is 0 Å². The predicted molar refractivity (Wildman–Crippen MR) is 79.4 cm³/mol. The zero-order valence-corrected chi connectivity index (χ0v) is 12.7. The van der Waals surface area contributed by atoms with Crippen LogP contribution in [0.3, 0.4) is 0 Å². The molecule has 3 heterocycles. The number of carboxylic acid groups (broad SMARTS) is 1. The van der Waals surface area contributed by atoms with E-state index in [2.05, 4.69) is 15.0 Å². The van der Waals surface area contributed by atoms with Crippen molar-refractivity contribution in [3.05, 3.63) is 29.5 Å². The molecule has 2 aromatic rings. The van der Waals surface area contributed by atoms with Crippen molar-refractivity contribution in [2.45, 2.75) is 13.3 Å². The van der Waals surface area contributed by atoms with Gasteiger partial charge in [-0.15, -0.1) is 11.3 Å². The standard InChI is InChI=1S/C14H14N4O3S/c1-14(13(20)21)3-6-18(8-14)12(19)9-7-22-11(17-9)10-15-4-2-5-16-10/h2,4-5,7H,3,6,8H2,1H3,(H,20,21)/t14-/m0/s1. The molecule has 0 saturated carbocycles. The molecule has 3 rings (SSSR count). The molecule has 1 saturated heterocycles. The number of hydrogen-bond acceptors (Lipinski definition) is 6. The number of carbonyl (C=O) groups is 2. The van der Waals surface area contributed by atoms with Crippen LogP contribution in [0.1, 0.15) is 23.8 Å². The Morgan fingerprint density at radius 3 is 2.73 bits per heavy atom. The van der Waals surface area contributed by atoms with Crippen LogP contribution >= 0.6 is 11.3 Å². The number of rotatable bonds is 3. The molecule has 1 N–H and O–H groups in total. The van der Waals surface area contributed by atoms with E-state index in [0.717, 1.165) is 0 Å². The first-order valence-electron chi connectivity index (χ1n) is 6.75. The van der Waals surface area contributed by atoms with Crippen molar-refractivity contribution in [2.24, 2.45) is 5.41 Å². The molecule has 1 aliphatic heterocycles. The Labute approximate surface area is 130 Å². The molecular formula is C14H14N4O3S. The summed E-state index contributed by atoms with van der Waals surface area (Å²) in [5, 5.41) is 11.5. The van der Waals surface area contributed by atoms with Crippen LogP contribution in [-0.4, -0.2) is 49.9 Å². The average Bonchev–Trinajstić information content (AvgIpc) is 3.15. The van der Waals surface area contributed by atoms with Gasteiger partial charge in [0.05, 0.1) is 5.41 Å². The van der Waals surface area contributed by atoms with Crippen LogP contribution < -0.4 is 0 Å². The molecule has 114 valence electrons. The van der Waals surface area contributed by atoms with Crippen molar-refractivity contribution in [2.75, 3.05) is 13.1 Å². The second-order valence-electron chi connectivity index (χ2n) is 5.45. The maximum atomic E-state index is 12.4. The van der Waals surface area contributed by atoms with Gasteiger partial charge in [0, 0.05) is 30.9 Å². The summed E-state index contributed by atoms with van der Waals surface area (Å²) in [5.74, 6) is -0.647. The molecule has 2 aromatic heterocycles. The molecule has 0 radical (unpaired) electrons. The van der Waals surface area contributed by atoms with E-state index in [-0.39, 0.29) is 12.5 Å². The zero-order valence-electron chi connectivity index (χ0n) is 11.9. The summed E-state index contributed by atoms with van der Waals surface area (Å²) < 4.78 is 0. The summed E-state index contributed by atoms with van der Waals surface area (Å²) in [7, 11) is 0. The molecule has 0 spiro atoms. The topological polar surface area (TPSA) is 96.3 Å². The van der Waals surface area contributed by atoms with Crippen molar-refractivity contribution >= 4 is 23.2 Å². The Balaban J connectivity index is 1.77. The molecule has 1 aliphatic rings. The maximum Gasteiger partial charge on any atom is 0.311 e. The van der Waals surface area contributed by atoms with Crippen molar-refractivity contribution in [3.8, 4) is 10.8 Å². The van der Waals surface area contributed by atoms with Crippen LogP contribution in [-0.2, 0) is 4.79 Å². The summed E-state index contributed by atoms with van der Waals surface area (Å²) in [4.78, 5) is 37.7. The van der Waals surface area contributed by atoms with Gasteiger partial charge in [0.25, 0.3) is 5.91 Å². The SMILES string of the molecule is C[C@]1(C(=O)O)CCN(C(=O)c2csc(-c3ncccn3)n2)C1. The highest BCUT2D eigenvalue weighted by atomic mass is 32.1. The van der Waals surface area contributed by atoms with Crippen LogP contribution in [0, 0.1) is 5.41 Å². The van der Waals surface area contributed by atoms with E-state index in [1.54, 1.807) is 35.7 Å². The third kappa shape index (κ3) is 2.57. The van der Waals surface area contributed by atoms with Crippen molar-refractivity contribution in [1.82, 2.24) is 19.9 Å². The van der Waals surface area contributed by atoms with Crippen molar-refractivity contribution in [3.63, 3.8) is 0 Å². The Kier molecular flexibility index (Phi) is 3.61. The molecule has 1 atom stereocenters. The van der Waals surface area contributed by atoms with Gasteiger partial charge >= 0.3 is 5.97 Å². The molecule has 0 aromatic carbocycles. The first-order valence-corrected chi connectivity index (χ1v) is 7.63. The lowest BCUT2D eigenvalue weighted by Crippen LogP contribution is -2.35. The van der Waals surface area contributed by atoms with Gasteiger partial charge in [0.2, 0.25) is 0 Å². The molecule has 22 heavy (non-hydrogen) atoms. The fourth-order valence-corrected chi connectivity index (χ4v) is 3.09. The van der Waals surface area contributed by atoms with E-state index in [1.165, 1.54) is 11.3 Å². The van der Waals surface area contributed by atoms with Crippen LogP contribution in [0.4, 0.5) is 0 Å². The first kappa shape index (κ1) is 14.6. The van der Waals surface area contributed by atoms with E-state index in [1.807, 2.05) is 0 Å². The van der Waals surface area contributed by atoms with Gasteiger partial charge in [0.1, 0.15) is 5.69 Å². The van der Waals surface area contributed by atoms with Gasteiger partial charge in [-0.3, -0.25) is 9.59 Å². The summed E-state index contributed by atoms with van der Waals surface area (Å²) in [6, 6.07) is 1.71. The Morgan fingerprint density at radius 2 is 2.09 bits per heavy atom. The summed E-state index contributed by atoms with van der Waals surface area (Å²) in [5.41, 5.74) is -0.570. The number of amides is 1. The van der Waals surface area contributed by atoms with Crippen LogP contribution in [0.25, 0.3) is 10.8 Å². The Bertz CT molecular complexity index is 718. The normalized spacial score (nSPS) is 21.0. The van der Waals surface area contributed by atoms with E-state index < -0.39 is 11.4 Å². The van der Waals surface area contributed by atoms with E-state index in [4.69, 9.17) is 0 Å². The lowest BCUT2D eigenvalue weighted by Gasteiger charge is -2.19. The minimum absolute atomic E-state index is 0.204. The highest BCUT2D eigenvalue weighted by Crippen LogP contribution is 2.31. The molecule has 7 nitrogen and oxygen atoms in total. The van der Waals surface area contributed by atoms with Gasteiger partial charge in [-0.1, -0.05) is 0 Å². The Hall–Kier alpha value is -2.35. The van der Waals surface area contributed by atoms with Gasteiger partial charge in [-0.05, 0) is 19.4 Å². The largest absolute Gasteiger partial charge is 0.481 e. The number of aliphatic carboxylic acids is 1. The summed E-state index contributed by atoms with van der Waals surface area (Å²) in [6.45, 7) is 2.29. The zero-order chi connectivity index (χ0) is 15.7. The first-order chi connectivity index (χ1) is 10.5. The lowest BCUT2D eigenvalue weighted by molar-refractivity contribution is -0.147. The summed E-state index contributed by atoms with van der Waals surface area (Å²) >= 11 is 1.30. The number of hydrogen-bond donors (Lipinski definition) is 1. The number of nitrogens with zero attached hydrogens (tertiary/aromatic N) is 4. The smallest absolute Gasteiger partial charge is 0.311 e. The highest BCUT2D eigenvalue weighted by molar-refractivity contribution is 7.13. The average molecular weight is 318 g/mol. The van der Waals surface area contributed by atoms with Crippen molar-refractivity contribution < 1.29 is 14.7 Å². The fraction of sp³-hybridized carbons (Fsp3) is 0.357. The van der Waals surface area contributed by atoms with E-state index in [0.29, 0.717) is 29.5 Å².